The van der Waals surface area contributed by atoms with E-state index in [0.29, 0.717) is 41.0 Å². The first-order valence-corrected chi connectivity index (χ1v) is 9.33. The second-order valence-electron chi connectivity index (χ2n) is 6.66. The molecule has 0 spiro atoms. The number of nitrogens with two attached hydrogens (primary N) is 1. The zero-order valence-corrected chi connectivity index (χ0v) is 15.8. The third kappa shape index (κ3) is 3.97. The third-order valence-corrected chi connectivity index (χ3v) is 5.78. The van der Waals surface area contributed by atoms with Crippen molar-refractivity contribution >= 4 is 28.2 Å². The Hall–Kier alpha value is -1.99. The molecule has 4 nitrogen and oxygen atoms in total. The third-order valence-electron chi connectivity index (χ3n) is 4.57. The highest BCUT2D eigenvalue weighted by molar-refractivity contribution is 7.17. The average molecular weight is 470 g/mol. The molecule has 0 radical (unpaired) electrons. The predicted octanol–water partition coefficient (Wildman–Crippen LogP) is 4.91. The number of hydrogen-bond acceptors (Lipinski definition) is 3. The maximum absolute atomic E-state index is 13.8. The van der Waals surface area contributed by atoms with Gasteiger partial charge in [-0.05, 0) is 31.2 Å². The number of halogens is 9. The van der Waals surface area contributed by atoms with E-state index in [-0.39, 0.29) is 6.42 Å². The molecular formula is C16H15F9N2O2S. The van der Waals surface area contributed by atoms with Crippen LogP contribution in [0.15, 0.2) is 0 Å². The summed E-state index contributed by atoms with van der Waals surface area (Å²) >= 11 is 0.560. The lowest BCUT2D eigenvalue weighted by molar-refractivity contribution is -0.388. The van der Waals surface area contributed by atoms with Crippen molar-refractivity contribution in [1.29, 1.82) is 0 Å². The van der Waals surface area contributed by atoms with Crippen LogP contribution in [0.4, 0.5) is 44.5 Å². The number of alkyl halides is 9. The van der Waals surface area contributed by atoms with Crippen molar-refractivity contribution in [2.75, 3.05) is 5.32 Å². The van der Waals surface area contributed by atoms with Gasteiger partial charge in [0, 0.05) is 4.88 Å². The topological polar surface area (TPSA) is 72.2 Å². The van der Waals surface area contributed by atoms with E-state index in [1.165, 1.54) is 5.32 Å². The van der Waals surface area contributed by atoms with Crippen LogP contribution in [0.25, 0.3) is 0 Å². The summed E-state index contributed by atoms with van der Waals surface area (Å²) in [4.78, 5) is 23.9. The molecule has 1 heterocycles. The molecule has 1 aromatic heterocycles. The Labute approximate surface area is 167 Å². The highest BCUT2D eigenvalue weighted by atomic mass is 32.1. The predicted molar refractivity (Wildman–Crippen MR) is 88.2 cm³/mol. The minimum absolute atomic E-state index is 0.263. The van der Waals surface area contributed by atoms with Crippen molar-refractivity contribution in [3.05, 3.63) is 16.0 Å². The van der Waals surface area contributed by atoms with Gasteiger partial charge in [0.2, 0.25) is 0 Å². The Morgan fingerprint density at radius 1 is 0.833 bits per heavy atom. The monoisotopic (exact) mass is 470 g/mol. The summed E-state index contributed by atoms with van der Waals surface area (Å²) in [6.45, 7) is 0. The number of aryl methyl sites for hydroxylation is 1. The molecule has 2 rings (SSSR count). The maximum Gasteiger partial charge on any atom is 0.460 e. The number of rotatable bonds is 5. The van der Waals surface area contributed by atoms with E-state index in [0.717, 1.165) is 12.8 Å². The second kappa shape index (κ2) is 7.93. The van der Waals surface area contributed by atoms with Crippen LogP contribution >= 0.6 is 11.3 Å². The highest BCUT2D eigenvalue weighted by Crippen LogP contribution is 2.53. The van der Waals surface area contributed by atoms with E-state index in [1.807, 2.05) is 0 Å². The molecule has 30 heavy (non-hydrogen) atoms. The van der Waals surface area contributed by atoms with Crippen molar-refractivity contribution in [2.45, 2.75) is 62.5 Å². The van der Waals surface area contributed by atoms with Gasteiger partial charge in [0.05, 0.1) is 5.56 Å². The van der Waals surface area contributed by atoms with Crippen molar-refractivity contribution in [1.82, 2.24) is 0 Å². The van der Waals surface area contributed by atoms with Crippen LogP contribution < -0.4 is 11.1 Å². The number of carbonyl (C=O) groups is 2. The van der Waals surface area contributed by atoms with Gasteiger partial charge in [-0.1, -0.05) is 12.8 Å². The number of nitrogens with one attached hydrogen (secondary N) is 1. The molecule has 1 aromatic rings. The minimum atomic E-state index is -7.20. The fourth-order valence-electron chi connectivity index (χ4n) is 2.97. The molecule has 170 valence electrons. The van der Waals surface area contributed by atoms with Gasteiger partial charge in [-0.3, -0.25) is 9.59 Å². The van der Waals surface area contributed by atoms with Crippen LogP contribution in [0.5, 0.6) is 0 Å². The fraction of sp³-hybridized carbons (Fsp3) is 0.625. The summed E-state index contributed by atoms with van der Waals surface area (Å²) in [5.74, 6) is -25.1. The van der Waals surface area contributed by atoms with Gasteiger partial charge >= 0.3 is 29.9 Å². The quantitative estimate of drug-likeness (QED) is 0.601. The summed E-state index contributed by atoms with van der Waals surface area (Å²) in [5.41, 5.74) is 5.03. The number of amides is 2. The average Bonchev–Trinajstić information content (AvgIpc) is 2.89. The summed E-state index contributed by atoms with van der Waals surface area (Å²) in [5, 5.41) is 0.504. The lowest BCUT2D eigenvalue weighted by Gasteiger charge is -2.32. The van der Waals surface area contributed by atoms with Crippen molar-refractivity contribution < 1.29 is 49.1 Å². The van der Waals surface area contributed by atoms with Gasteiger partial charge < -0.3 is 11.1 Å². The molecule has 14 heteroatoms. The van der Waals surface area contributed by atoms with E-state index in [9.17, 15) is 49.1 Å². The summed E-state index contributed by atoms with van der Waals surface area (Å²) in [6, 6.07) is 0. The number of anilines is 1. The molecule has 2 amide bonds. The number of carbonyl (C=O) groups excluding carboxylic acids is 2. The first kappa shape index (κ1) is 24.3. The van der Waals surface area contributed by atoms with Gasteiger partial charge in [-0.15, -0.1) is 11.3 Å². The van der Waals surface area contributed by atoms with Crippen LogP contribution in [0.1, 0.15) is 46.5 Å². The molecule has 3 N–H and O–H groups in total. The molecule has 0 aliphatic heterocycles. The second-order valence-corrected chi connectivity index (χ2v) is 7.77. The Kier molecular flexibility index (Phi) is 6.42. The van der Waals surface area contributed by atoms with Crippen LogP contribution in [0.2, 0.25) is 0 Å². The SMILES string of the molecule is NC(=O)c1c(NC(=O)C(F)(F)C(F)(F)C(F)(F)C(F)(F)F)sc2c1CCCCCC2. The largest absolute Gasteiger partial charge is 0.460 e. The standard InChI is InChI=1S/C16H15F9N2O2S/c17-13(18,14(19,20)15(21,22)16(23,24)25)12(29)27-11-9(10(26)28)7-5-3-1-2-4-6-8(7)30-11/h1-6H2,(H2,26,28)(H,27,29). The summed E-state index contributed by atoms with van der Waals surface area (Å²) < 4.78 is 117. The molecule has 0 saturated carbocycles. The van der Waals surface area contributed by atoms with E-state index in [4.69, 9.17) is 5.73 Å². The lowest BCUT2D eigenvalue weighted by atomic mass is 9.96. The number of hydrogen-bond donors (Lipinski definition) is 2. The zero-order chi connectivity index (χ0) is 23.1. The lowest BCUT2D eigenvalue weighted by Crippen LogP contribution is -2.64. The van der Waals surface area contributed by atoms with Crippen molar-refractivity contribution in [3.63, 3.8) is 0 Å². The first-order valence-electron chi connectivity index (χ1n) is 8.51. The molecule has 0 fully saturated rings. The molecule has 0 unspecified atom stereocenters. The van der Waals surface area contributed by atoms with Gasteiger partial charge in [0.15, 0.2) is 0 Å². The summed E-state index contributed by atoms with van der Waals surface area (Å²) in [7, 11) is 0. The van der Waals surface area contributed by atoms with E-state index in [1.54, 1.807) is 0 Å². The van der Waals surface area contributed by atoms with E-state index in [2.05, 4.69) is 0 Å². The van der Waals surface area contributed by atoms with Crippen molar-refractivity contribution in [3.8, 4) is 0 Å². The van der Waals surface area contributed by atoms with Crippen molar-refractivity contribution in [2.24, 2.45) is 5.73 Å². The van der Waals surface area contributed by atoms with Gasteiger partial charge in [-0.2, -0.15) is 39.5 Å². The van der Waals surface area contributed by atoms with Crippen LogP contribution in [-0.2, 0) is 17.6 Å². The molecule has 0 saturated heterocycles. The number of primary amides is 1. The molecule has 0 atom stereocenters. The number of fused-ring (bicyclic) bond motifs is 1. The van der Waals surface area contributed by atoms with E-state index < -0.39 is 46.3 Å². The molecule has 0 bridgehead atoms. The van der Waals surface area contributed by atoms with Gasteiger partial charge in [-0.25, -0.2) is 0 Å². The Morgan fingerprint density at radius 3 is 1.87 bits per heavy atom. The Morgan fingerprint density at radius 2 is 1.37 bits per heavy atom. The van der Waals surface area contributed by atoms with Gasteiger partial charge in [0.25, 0.3) is 5.91 Å². The Balaban J connectivity index is 2.43. The fourth-order valence-corrected chi connectivity index (χ4v) is 4.26. The van der Waals surface area contributed by atoms with Crippen LogP contribution in [0, 0.1) is 0 Å². The smallest absolute Gasteiger partial charge is 0.365 e. The Bertz CT molecular complexity index is 833. The highest BCUT2D eigenvalue weighted by Gasteiger charge is 2.83. The molecule has 1 aliphatic carbocycles. The minimum Gasteiger partial charge on any atom is -0.365 e. The maximum atomic E-state index is 13.8. The molecule has 1 aliphatic rings. The molecule has 0 aromatic carbocycles. The zero-order valence-electron chi connectivity index (χ0n) is 14.9. The first-order chi connectivity index (χ1) is 13.6. The van der Waals surface area contributed by atoms with Crippen LogP contribution in [-0.4, -0.2) is 35.8 Å². The van der Waals surface area contributed by atoms with Gasteiger partial charge in [0.1, 0.15) is 5.00 Å². The molecular weight excluding hydrogens is 455 g/mol. The normalized spacial score (nSPS) is 16.4. The summed E-state index contributed by atoms with van der Waals surface area (Å²) in [6.07, 6.45) is -3.65. The van der Waals surface area contributed by atoms with Crippen LogP contribution in [0.3, 0.4) is 0 Å². The number of thiophene rings is 1. The van der Waals surface area contributed by atoms with E-state index >= 15 is 0 Å².